The van der Waals surface area contributed by atoms with Gasteiger partial charge in [0.1, 0.15) is 11.9 Å². The van der Waals surface area contributed by atoms with Crippen molar-refractivity contribution in [1.29, 1.82) is 0 Å². The largest absolute Gasteiger partial charge is 0.467 e. The topological polar surface area (TPSA) is 91.6 Å². The molecule has 0 bridgehead atoms. The minimum Gasteiger partial charge on any atom is -0.467 e. The van der Waals surface area contributed by atoms with Crippen LogP contribution in [0.4, 0.5) is 4.79 Å². The molecule has 0 aromatic carbocycles. The minimum absolute atomic E-state index is 0.215. The van der Waals surface area contributed by atoms with E-state index in [1.165, 1.54) is 6.26 Å². The summed E-state index contributed by atoms with van der Waals surface area (Å²) in [5.74, 6) is 0.898. The Bertz CT molecular complexity index is 482. The van der Waals surface area contributed by atoms with Crippen molar-refractivity contribution in [3.8, 4) is 0 Å². The van der Waals surface area contributed by atoms with Gasteiger partial charge in [-0.15, -0.1) is 0 Å². The van der Waals surface area contributed by atoms with E-state index in [2.05, 4.69) is 10.6 Å². The van der Waals surface area contributed by atoms with Crippen LogP contribution in [0.15, 0.2) is 22.8 Å². The fourth-order valence-electron chi connectivity index (χ4n) is 1.83. The molecule has 0 radical (unpaired) electrons. The molecule has 3 N–H and O–H groups in total. The summed E-state index contributed by atoms with van der Waals surface area (Å²) < 4.78 is 16.7. The second kappa shape index (κ2) is 8.33. The molecule has 1 rings (SSSR count). The lowest BCUT2D eigenvalue weighted by atomic mass is 10.1. The molecule has 0 aliphatic heterocycles. The Balaban J connectivity index is 2.25. The van der Waals surface area contributed by atoms with Crippen molar-refractivity contribution in [2.45, 2.75) is 51.0 Å². The Morgan fingerprint density at radius 2 is 2.14 bits per heavy atom. The smallest absolute Gasteiger partial charge is 0.315 e. The molecule has 6 nitrogen and oxygen atoms in total. The Kier molecular flexibility index (Phi) is 7.09. The van der Waals surface area contributed by atoms with Crippen LogP contribution in [0.1, 0.15) is 46.0 Å². The normalized spacial score (nSPS) is 15.9. The molecule has 3 atom stereocenters. The van der Waals surface area contributed by atoms with Gasteiger partial charge in [-0.2, -0.15) is 0 Å². The van der Waals surface area contributed by atoms with Crippen molar-refractivity contribution in [3.63, 3.8) is 0 Å². The Hall–Kier alpha value is -1.34. The van der Waals surface area contributed by atoms with Crippen molar-refractivity contribution >= 4 is 16.8 Å². The Labute approximate surface area is 134 Å². The second-order valence-corrected chi connectivity index (χ2v) is 8.55. The molecule has 1 heterocycles. The highest BCUT2D eigenvalue weighted by Gasteiger charge is 2.19. The van der Waals surface area contributed by atoms with Gasteiger partial charge in [0.2, 0.25) is 0 Å². The summed E-state index contributed by atoms with van der Waals surface area (Å²) in [5, 5.41) is 15.3. The molecule has 0 aliphatic rings. The van der Waals surface area contributed by atoms with Gasteiger partial charge in [-0.25, -0.2) is 4.79 Å². The first-order valence-corrected chi connectivity index (χ1v) is 8.66. The second-order valence-electron chi connectivity index (χ2n) is 6.23. The maximum atomic E-state index is 11.8. The summed E-state index contributed by atoms with van der Waals surface area (Å²) in [6.45, 7) is 7.87. The summed E-state index contributed by atoms with van der Waals surface area (Å²) in [4.78, 5) is 11.7. The molecule has 1 aromatic rings. The van der Waals surface area contributed by atoms with Crippen LogP contribution in [0.2, 0.25) is 0 Å². The quantitative estimate of drug-likeness (QED) is 0.712. The Morgan fingerprint density at radius 1 is 1.45 bits per heavy atom. The van der Waals surface area contributed by atoms with Crippen molar-refractivity contribution < 1.29 is 18.5 Å². The highest BCUT2D eigenvalue weighted by atomic mass is 32.2. The van der Waals surface area contributed by atoms with Crippen LogP contribution in [0, 0.1) is 0 Å². The predicted octanol–water partition coefficient (Wildman–Crippen LogP) is 1.94. The maximum Gasteiger partial charge on any atom is 0.315 e. The van der Waals surface area contributed by atoms with E-state index in [1.807, 2.05) is 20.8 Å². The van der Waals surface area contributed by atoms with Crippen LogP contribution in [-0.2, 0) is 10.8 Å². The van der Waals surface area contributed by atoms with E-state index in [0.29, 0.717) is 24.5 Å². The van der Waals surface area contributed by atoms with Crippen molar-refractivity contribution in [2.75, 3.05) is 12.3 Å². The predicted molar refractivity (Wildman–Crippen MR) is 87.0 cm³/mol. The average molecular weight is 330 g/mol. The van der Waals surface area contributed by atoms with Gasteiger partial charge in [-0.05, 0) is 39.8 Å². The highest BCUT2D eigenvalue weighted by Crippen LogP contribution is 2.18. The number of aliphatic hydroxyl groups excluding tert-OH is 1. The third-order valence-electron chi connectivity index (χ3n) is 3.08. The Morgan fingerprint density at radius 3 is 2.68 bits per heavy atom. The van der Waals surface area contributed by atoms with E-state index in [0.717, 1.165) is 0 Å². The summed E-state index contributed by atoms with van der Waals surface area (Å²) in [5.41, 5.74) is 0. The number of hydrogen-bond acceptors (Lipinski definition) is 4. The third kappa shape index (κ3) is 6.62. The third-order valence-corrected chi connectivity index (χ3v) is 5.02. The number of amides is 2. The molecule has 3 unspecified atom stereocenters. The molecule has 0 spiro atoms. The summed E-state index contributed by atoms with van der Waals surface area (Å²) in [6, 6.07) is 2.86. The van der Waals surface area contributed by atoms with Crippen LogP contribution in [0.3, 0.4) is 0 Å². The highest BCUT2D eigenvalue weighted by molar-refractivity contribution is 7.86. The SMILES string of the molecule is CC(CC(O)c1ccco1)NC(=O)NCCS(=O)C(C)(C)C. The van der Waals surface area contributed by atoms with E-state index in [1.54, 1.807) is 19.1 Å². The first-order valence-electron chi connectivity index (χ1n) is 7.34. The molecule has 0 aliphatic carbocycles. The van der Waals surface area contributed by atoms with Gasteiger partial charge in [-0.1, -0.05) is 0 Å². The molecular formula is C15H26N2O4S. The van der Waals surface area contributed by atoms with E-state index in [4.69, 9.17) is 4.42 Å². The standard InChI is InChI=1S/C15H26N2O4S/c1-11(10-12(18)13-6-5-8-21-13)17-14(19)16-7-9-22(20)15(2,3)4/h5-6,8,11-12,18H,7,9-10H2,1-4H3,(H2,16,17,19). The minimum atomic E-state index is -0.991. The molecule has 1 aromatic heterocycles. The van der Waals surface area contributed by atoms with Gasteiger partial charge in [0.15, 0.2) is 0 Å². The lowest BCUT2D eigenvalue weighted by molar-refractivity contribution is 0.129. The number of nitrogens with one attached hydrogen (secondary N) is 2. The number of hydrogen-bond donors (Lipinski definition) is 3. The lowest BCUT2D eigenvalue weighted by Crippen LogP contribution is -2.43. The number of carbonyl (C=O) groups excluding carboxylic acids is 1. The number of furan rings is 1. The van der Waals surface area contributed by atoms with Gasteiger partial charge in [-0.3, -0.25) is 4.21 Å². The molecule has 126 valence electrons. The molecule has 7 heteroatoms. The zero-order valence-electron chi connectivity index (χ0n) is 13.6. The van der Waals surface area contributed by atoms with Crippen LogP contribution in [0.5, 0.6) is 0 Å². The maximum absolute atomic E-state index is 11.8. The molecule has 0 saturated carbocycles. The van der Waals surface area contributed by atoms with Gasteiger partial charge < -0.3 is 20.2 Å². The van der Waals surface area contributed by atoms with Crippen LogP contribution < -0.4 is 10.6 Å². The average Bonchev–Trinajstić information content (AvgIpc) is 2.90. The molecule has 22 heavy (non-hydrogen) atoms. The van der Waals surface area contributed by atoms with Crippen LogP contribution >= 0.6 is 0 Å². The monoisotopic (exact) mass is 330 g/mol. The molecule has 0 saturated heterocycles. The van der Waals surface area contributed by atoms with Gasteiger partial charge in [0.05, 0.1) is 6.26 Å². The molecule has 2 amide bonds. The van der Waals surface area contributed by atoms with Crippen molar-refractivity contribution in [3.05, 3.63) is 24.2 Å². The molecular weight excluding hydrogens is 304 g/mol. The zero-order valence-corrected chi connectivity index (χ0v) is 14.4. The van der Waals surface area contributed by atoms with Gasteiger partial charge in [0, 0.05) is 40.3 Å². The number of rotatable bonds is 7. The lowest BCUT2D eigenvalue weighted by Gasteiger charge is -2.19. The van der Waals surface area contributed by atoms with E-state index < -0.39 is 16.9 Å². The van der Waals surface area contributed by atoms with Gasteiger partial charge in [0.25, 0.3) is 0 Å². The number of aliphatic hydroxyl groups is 1. The van der Waals surface area contributed by atoms with Crippen LogP contribution in [-0.4, -0.2) is 38.4 Å². The first-order chi connectivity index (χ1) is 10.2. The van der Waals surface area contributed by atoms with Crippen molar-refractivity contribution in [2.24, 2.45) is 0 Å². The number of carbonyl (C=O) groups is 1. The van der Waals surface area contributed by atoms with E-state index >= 15 is 0 Å². The summed E-state index contributed by atoms with van der Waals surface area (Å²) in [7, 11) is -0.991. The molecule has 0 fully saturated rings. The van der Waals surface area contributed by atoms with Crippen LogP contribution in [0.25, 0.3) is 0 Å². The summed E-state index contributed by atoms with van der Waals surface area (Å²) >= 11 is 0. The van der Waals surface area contributed by atoms with Gasteiger partial charge >= 0.3 is 6.03 Å². The fourth-order valence-corrected chi connectivity index (χ4v) is 2.73. The number of urea groups is 1. The zero-order chi connectivity index (χ0) is 16.8. The first kappa shape index (κ1) is 18.7. The van der Waals surface area contributed by atoms with E-state index in [9.17, 15) is 14.1 Å². The fraction of sp³-hybridized carbons (Fsp3) is 0.667. The van der Waals surface area contributed by atoms with E-state index in [-0.39, 0.29) is 16.8 Å². The van der Waals surface area contributed by atoms with Crippen molar-refractivity contribution in [1.82, 2.24) is 10.6 Å². The summed E-state index contributed by atoms with van der Waals surface area (Å²) in [6.07, 6.45) is 1.10.